The van der Waals surface area contributed by atoms with Crippen LogP contribution in [0.1, 0.15) is 67.9 Å². The number of likely N-dealkylation sites (N-methyl/N-ethyl adjacent to an activating group) is 1. The van der Waals surface area contributed by atoms with Crippen molar-refractivity contribution in [2.24, 2.45) is 5.92 Å². The fourth-order valence-corrected chi connectivity index (χ4v) is 3.83. The maximum Gasteiger partial charge on any atom is 0.408 e. The molecule has 0 aliphatic heterocycles. The Labute approximate surface area is 216 Å². The van der Waals surface area contributed by atoms with Gasteiger partial charge in [-0.3, -0.25) is 4.79 Å². The highest BCUT2D eigenvalue weighted by molar-refractivity contribution is 5.89. The monoisotopic (exact) mass is 504 g/mol. The number of esters is 1. The molecule has 1 aromatic rings. The van der Waals surface area contributed by atoms with Crippen LogP contribution in [-0.4, -0.2) is 61.3 Å². The Hall–Kier alpha value is -3.03. The first kappa shape index (κ1) is 31.0. The Morgan fingerprint density at radius 2 is 1.61 bits per heavy atom. The summed E-state index contributed by atoms with van der Waals surface area (Å²) in [6.07, 6.45) is 1.06. The summed E-state index contributed by atoms with van der Waals surface area (Å²) in [5, 5.41) is 2.82. The van der Waals surface area contributed by atoms with Crippen molar-refractivity contribution in [2.45, 2.75) is 85.4 Å². The topological polar surface area (TPSA) is 94.2 Å². The van der Waals surface area contributed by atoms with Gasteiger partial charge in [-0.25, -0.2) is 9.59 Å². The summed E-state index contributed by atoms with van der Waals surface area (Å²) >= 11 is 0. The van der Waals surface area contributed by atoms with Crippen LogP contribution in [0.3, 0.4) is 0 Å². The first-order valence-electron chi connectivity index (χ1n) is 12.3. The van der Waals surface area contributed by atoms with E-state index in [0.717, 1.165) is 5.56 Å². The largest absolute Gasteiger partial charge is 0.497 e. The maximum absolute atomic E-state index is 14.0. The highest BCUT2D eigenvalue weighted by Gasteiger charge is 2.41. The summed E-state index contributed by atoms with van der Waals surface area (Å²) < 4.78 is 15.9. The minimum absolute atomic E-state index is 0.00500. The zero-order valence-corrected chi connectivity index (χ0v) is 23.7. The molecule has 0 saturated carbocycles. The maximum atomic E-state index is 14.0. The van der Waals surface area contributed by atoms with E-state index in [1.54, 1.807) is 59.8 Å². The molecule has 0 saturated heterocycles. The Bertz CT molecular complexity index is 928. The fraction of sp³-hybridized carbons (Fsp3) is 0.607. The predicted molar refractivity (Wildman–Crippen MR) is 141 cm³/mol. The lowest BCUT2D eigenvalue weighted by atomic mass is 9.76. The van der Waals surface area contributed by atoms with Crippen LogP contribution in [-0.2, 0) is 24.5 Å². The minimum Gasteiger partial charge on any atom is -0.497 e. The fourth-order valence-electron chi connectivity index (χ4n) is 3.83. The quantitative estimate of drug-likeness (QED) is 0.361. The number of carbonyl (C=O) groups is 3. The molecule has 2 amide bonds. The molecule has 202 valence electrons. The van der Waals surface area contributed by atoms with Crippen molar-refractivity contribution < 1.29 is 28.6 Å². The van der Waals surface area contributed by atoms with Crippen molar-refractivity contribution in [1.82, 2.24) is 10.2 Å². The number of benzene rings is 1. The third kappa shape index (κ3) is 8.57. The highest BCUT2D eigenvalue weighted by Crippen LogP contribution is 2.31. The zero-order chi connectivity index (χ0) is 27.8. The van der Waals surface area contributed by atoms with Crippen LogP contribution >= 0.6 is 0 Å². The molecule has 0 aromatic heterocycles. The Kier molecular flexibility index (Phi) is 11.0. The third-order valence-electron chi connectivity index (χ3n) is 5.96. The molecule has 1 rings (SSSR count). The van der Waals surface area contributed by atoms with Crippen molar-refractivity contribution >= 4 is 18.0 Å². The standard InChI is InChI=1S/C28H44N2O6/c1-12-35-25(32)19(4)17-22(18(2)3)30(10)24(31)23(29-26(33)36-27(5,6)7)28(8,9)20-13-15-21(34-11)16-14-20/h13-18,22-23H,12H2,1-11H3,(H,29,33)/b19-17+/t22-,23-/m1/s1. The second kappa shape index (κ2) is 12.8. The van der Waals surface area contributed by atoms with Crippen LogP contribution in [0.15, 0.2) is 35.9 Å². The number of ether oxygens (including phenoxy) is 3. The molecule has 0 heterocycles. The van der Waals surface area contributed by atoms with Gasteiger partial charge in [-0.1, -0.05) is 45.9 Å². The van der Waals surface area contributed by atoms with E-state index in [0.29, 0.717) is 11.3 Å². The number of nitrogens with zero attached hydrogens (tertiary/aromatic N) is 1. The molecule has 0 unspecified atom stereocenters. The van der Waals surface area contributed by atoms with Gasteiger partial charge in [0.1, 0.15) is 17.4 Å². The Balaban J connectivity index is 3.46. The van der Waals surface area contributed by atoms with Crippen LogP contribution in [0.2, 0.25) is 0 Å². The molecular formula is C28H44N2O6. The Morgan fingerprint density at radius 1 is 1.06 bits per heavy atom. The van der Waals surface area contributed by atoms with Crippen molar-refractivity contribution in [3.8, 4) is 5.75 Å². The van der Waals surface area contributed by atoms with Gasteiger partial charge in [0.05, 0.1) is 19.8 Å². The minimum atomic E-state index is -0.955. The highest BCUT2D eigenvalue weighted by atomic mass is 16.6. The van der Waals surface area contributed by atoms with Crippen LogP contribution in [0.4, 0.5) is 4.79 Å². The van der Waals surface area contributed by atoms with E-state index in [4.69, 9.17) is 14.2 Å². The van der Waals surface area contributed by atoms with Crippen molar-refractivity contribution in [1.29, 1.82) is 0 Å². The number of nitrogens with one attached hydrogen (secondary N) is 1. The lowest BCUT2D eigenvalue weighted by Crippen LogP contribution is -2.59. The molecule has 1 aromatic carbocycles. The summed E-state index contributed by atoms with van der Waals surface area (Å²) in [5.41, 5.74) is -0.282. The predicted octanol–water partition coefficient (Wildman–Crippen LogP) is 4.86. The van der Waals surface area contributed by atoms with Crippen molar-refractivity contribution in [3.05, 3.63) is 41.5 Å². The molecule has 1 N–H and O–H groups in total. The van der Waals surface area contributed by atoms with E-state index in [1.165, 1.54) is 0 Å². The summed E-state index contributed by atoms with van der Waals surface area (Å²) in [5.74, 6) is -0.0528. The van der Waals surface area contributed by atoms with Gasteiger partial charge in [-0.2, -0.15) is 0 Å². The molecule has 0 bridgehead atoms. The molecule has 36 heavy (non-hydrogen) atoms. The number of hydrogen-bond donors (Lipinski definition) is 1. The molecule has 8 nitrogen and oxygen atoms in total. The molecule has 8 heteroatoms. The lowest BCUT2D eigenvalue weighted by molar-refractivity contribution is -0.139. The number of hydrogen-bond acceptors (Lipinski definition) is 6. The number of amides is 2. The number of methoxy groups -OCH3 is 1. The molecule has 0 radical (unpaired) electrons. The normalized spacial score (nSPS) is 14.1. The zero-order valence-electron chi connectivity index (χ0n) is 23.7. The van der Waals surface area contributed by atoms with Crippen LogP contribution in [0.5, 0.6) is 5.75 Å². The number of carbonyl (C=O) groups excluding carboxylic acids is 3. The Morgan fingerprint density at radius 3 is 2.06 bits per heavy atom. The van der Waals surface area contributed by atoms with Gasteiger partial charge < -0.3 is 24.4 Å². The molecule has 0 fully saturated rings. The van der Waals surface area contributed by atoms with Crippen molar-refractivity contribution in [2.75, 3.05) is 20.8 Å². The van der Waals surface area contributed by atoms with E-state index >= 15 is 0 Å². The number of rotatable bonds is 10. The summed E-state index contributed by atoms with van der Waals surface area (Å²) in [6, 6.07) is 6.03. The van der Waals surface area contributed by atoms with Gasteiger partial charge in [0, 0.05) is 18.0 Å². The number of alkyl carbamates (subject to hydrolysis) is 1. The molecule has 2 atom stereocenters. The molecular weight excluding hydrogens is 460 g/mol. The van der Waals surface area contributed by atoms with E-state index in [9.17, 15) is 14.4 Å². The summed E-state index contributed by atoms with van der Waals surface area (Å²) in [7, 11) is 3.26. The van der Waals surface area contributed by atoms with Gasteiger partial charge in [-0.15, -0.1) is 0 Å². The van der Waals surface area contributed by atoms with Gasteiger partial charge in [0.25, 0.3) is 0 Å². The van der Waals surface area contributed by atoms with Gasteiger partial charge in [0.2, 0.25) is 5.91 Å². The van der Waals surface area contributed by atoms with E-state index in [1.807, 2.05) is 52.0 Å². The smallest absolute Gasteiger partial charge is 0.408 e. The molecule has 0 aliphatic rings. The van der Waals surface area contributed by atoms with Gasteiger partial charge >= 0.3 is 12.1 Å². The van der Waals surface area contributed by atoms with Gasteiger partial charge in [0.15, 0.2) is 0 Å². The van der Waals surface area contributed by atoms with E-state index < -0.39 is 35.2 Å². The molecule has 0 aliphatic carbocycles. The van der Waals surface area contributed by atoms with Crippen LogP contribution in [0.25, 0.3) is 0 Å². The lowest BCUT2D eigenvalue weighted by Gasteiger charge is -2.39. The third-order valence-corrected chi connectivity index (χ3v) is 5.96. The summed E-state index contributed by atoms with van der Waals surface area (Å²) in [6.45, 7) is 16.7. The molecule has 0 spiro atoms. The average Bonchev–Trinajstić information content (AvgIpc) is 2.78. The second-order valence-corrected chi connectivity index (χ2v) is 10.8. The summed E-state index contributed by atoms with van der Waals surface area (Å²) in [4.78, 5) is 40.6. The van der Waals surface area contributed by atoms with Crippen LogP contribution in [0, 0.1) is 5.92 Å². The first-order chi connectivity index (χ1) is 16.5. The van der Waals surface area contributed by atoms with Crippen LogP contribution < -0.4 is 10.1 Å². The van der Waals surface area contributed by atoms with Gasteiger partial charge in [-0.05, 0) is 58.2 Å². The SMILES string of the molecule is CCOC(=O)/C(C)=C/[C@H](C(C)C)N(C)C(=O)[C@@H](NC(=O)OC(C)(C)C)C(C)(C)c1ccc(OC)cc1. The second-order valence-electron chi connectivity index (χ2n) is 10.8. The van der Waals surface area contributed by atoms with Crippen molar-refractivity contribution in [3.63, 3.8) is 0 Å². The van der Waals surface area contributed by atoms with E-state index in [2.05, 4.69) is 5.32 Å². The average molecular weight is 505 g/mol. The first-order valence-corrected chi connectivity index (χ1v) is 12.3. The van der Waals surface area contributed by atoms with E-state index in [-0.39, 0.29) is 18.4 Å².